The zero-order valence-corrected chi connectivity index (χ0v) is 19.5. The Kier molecular flexibility index (Phi) is 10.3. The molecule has 0 aromatic heterocycles. The van der Waals surface area contributed by atoms with Gasteiger partial charge in [0.25, 0.3) is 0 Å². The molecular weight excluding hydrogens is 380 g/mol. The number of allylic oxidation sites excluding steroid dienone is 1. The molecule has 0 spiro atoms. The normalized spacial score (nSPS) is 11.2. The molecule has 0 amide bonds. The van der Waals surface area contributed by atoms with Crippen molar-refractivity contribution in [2.75, 3.05) is 13.2 Å². The molecule has 0 saturated carbocycles. The van der Waals surface area contributed by atoms with Gasteiger partial charge in [0, 0.05) is 11.8 Å². The van der Waals surface area contributed by atoms with Crippen LogP contribution >= 0.6 is 0 Å². The Labute approximate surface area is 189 Å². The molecule has 0 atom stereocenters. The summed E-state index contributed by atoms with van der Waals surface area (Å²) in [4.78, 5) is 0. The van der Waals surface area contributed by atoms with Crippen LogP contribution in [0.25, 0.3) is 0 Å². The quantitative estimate of drug-likeness (QED) is 0.291. The maximum Gasteiger partial charge on any atom is 0.0717 e. The van der Waals surface area contributed by atoms with E-state index in [-0.39, 0.29) is 10.8 Å². The second kappa shape index (κ2) is 13.0. The summed E-state index contributed by atoms with van der Waals surface area (Å²) >= 11 is 0. The highest BCUT2D eigenvalue weighted by Gasteiger charge is 2.29. The molecule has 164 valence electrons. The number of hydrogen-bond acceptors (Lipinski definition) is 2. The molecule has 0 bridgehead atoms. The lowest BCUT2D eigenvalue weighted by molar-refractivity contribution is -0.0294. The van der Waals surface area contributed by atoms with Crippen LogP contribution in [0.2, 0.25) is 0 Å². The Bertz CT molecular complexity index is 828. The van der Waals surface area contributed by atoms with Crippen molar-refractivity contribution in [3.05, 3.63) is 89.7 Å². The van der Waals surface area contributed by atoms with Gasteiger partial charge < -0.3 is 9.47 Å². The fraction of sp³-hybridized carbons (Fsp3) is 0.414. The van der Waals surface area contributed by atoms with Gasteiger partial charge in [-0.05, 0) is 42.0 Å². The van der Waals surface area contributed by atoms with Gasteiger partial charge in [-0.25, -0.2) is 0 Å². The zero-order chi connectivity index (χ0) is 22.4. The second-order valence-electron chi connectivity index (χ2n) is 9.15. The first-order chi connectivity index (χ1) is 14.9. The standard InChI is InChI=1S/C29H36O2/c1-5-6-20-29(21-14-13-19-28(2,3)4,24-30-22-26-15-9-7-10-16-26)25-31-23-27-17-11-8-12-18-27/h7-12,14-19H,20-25H2,1-4H3. The fourth-order valence-electron chi connectivity index (χ4n) is 3.11. The average Bonchev–Trinajstić information content (AvgIpc) is 2.76. The number of rotatable bonds is 11. The molecule has 0 saturated heterocycles. The highest BCUT2D eigenvalue weighted by atomic mass is 16.5. The molecule has 0 aliphatic rings. The Morgan fingerprint density at radius 2 is 1.32 bits per heavy atom. The predicted molar refractivity (Wildman–Crippen MR) is 129 cm³/mol. The summed E-state index contributed by atoms with van der Waals surface area (Å²) in [6.07, 6.45) is 5.75. The van der Waals surface area contributed by atoms with E-state index < -0.39 is 0 Å². The maximum absolute atomic E-state index is 6.18. The first-order valence-corrected chi connectivity index (χ1v) is 11.0. The van der Waals surface area contributed by atoms with Gasteiger partial charge in [0.1, 0.15) is 0 Å². The lowest BCUT2D eigenvalue weighted by atomic mass is 9.82. The summed E-state index contributed by atoms with van der Waals surface area (Å²) in [5.41, 5.74) is 5.60. The third-order valence-corrected chi connectivity index (χ3v) is 4.85. The molecule has 0 aliphatic heterocycles. The molecule has 0 radical (unpaired) electrons. The summed E-state index contributed by atoms with van der Waals surface area (Å²) in [5.74, 6) is 6.33. The first-order valence-electron chi connectivity index (χ1n) is 11.0. The molecule has 2 rings (SSSR count). The fourth-order valence-corrected chi connectivity index (χ4v) is 3.11. The Hall–Kier alpha value is -2.56. The minimum atomic E-state index is -0.217. The first kappa shape index (κ1) is 24.7. The van der Waals surface area contributed by atoms with Crippen LogP contribution in [0.15, 0.2) is 78.5 Å². The van der Waals surface area contributed by atoms with Crippen molar-refractivity contribution in [2.24, 2.45) is 10.8 Å². The second-order valence-corrected chi connectivity index (χ2v) is 9.15. The third kappa shape index (κ3) is 10.3. The molecule has 0 fully saturated rings. The molecule has 2 aromatic carbocycles. The van der Waals surface area contributed by atoms with Gasteiger partial charge in [0.05, 0.1) is 26.4 Å². The van der Waals surface area contributed by atoms with E-state index in [1.807, 2.05) is 43.3 Å². The molecule has 31 heavy (non-hydrogen) atoms. The van der Waals surface area contributed by atoms with Crippen molar-refractivity contribution in [2.45, 2.75) is 53.8 Å². The Morgan fingerprint density at radius 3 is 1.77 bits per heavy atom. The van der Waals surface area contributed by atoms with E-state index in [0.717, 1.165) is 12.8 Å². The topological polar surface area (TPSA) is 18.5 Å². The number of hydrogen-bond donors (Lipinski definition) is 0. The van der Waals surface area contributed by atoms with Crippen LogP contribution in [0.3, 0.4) is 0 Å². The SMILES string of the molecule is CC#CCC(CC=C=CC(C)(C)C)(COCc1ccccc1)COCc1ccccc1. The molecule has 0 heterocycles. The minimum Gasteiger partial charge on any atom is -0.376 e. The van der Waals surface area contributed by atoms with E-state index in [2.05, 4.69) is 74.8 Å². The van der Waals surface area contributed by atoms with E-state index in [1.165, 1.54) is 11.1 Å². The Morgan fingerprint density at radius 1 is 0.806 bits per heavy atom. The molecule has 0 N–H and O–H groups in total. The largest absolute Gasteiger partial charge is 0.376 e. The van der Waals surface area contributed by atoms with Crippen molar-refractivity contribution >= 4 is 0 Å². The van der Waals surface area contributed by atoms with E-state index in [0.29, 0.717) is 26.4 Å². The van der Waals surface area contributed by atoms with Gasteiger partial charge in [0.2, 0.25) is 0 Å². The number of benzene rings is 2. The van der Waals surface area contributed by atoms with Crippen LogP contribution in [-0.4, -0.2) is 13.2 Å². The van der Waals surface area contributed by atoms with Gasteiger partial charge in [-0.2, -0.15) is 0 Å². The van der Waals surface area contributed by atoms with Crippen LogP contribution < -0.4 is 0 Å². The Balaban J connectivity index is 2.12. The van der Waals surface area contributed by atoms with Gasteiger partial charge in [0.15, 0.2) is 0 Å². The van der Waals surface area contributed by atoms with E-state index in [9.17, 15) is 0 Å². The van der Waals surface area contributed by atoms with Crippen molar-refractivity contribution in [1.29, 1.82) is 0 Å². The average molecular weight is 417 g/mol. The van der Waals surface area contributed by atoms with Crippen molar-refractivity contribution < 1.29 is 9.47 Å². The summed E-state index contributed by atoms with van der Waals surface area (Å²) in [6.45, 7) is 10.7. The maximum atomic E-state index is 6.18. The van der Waals surface area contributed by atoms with E-state index in [4.69, 9.17) is 9.47 Å². The third-order valence-electron chi connectivity index (χ3n) is 4.85. The van der Waals surface area contributed by atoms with Crippen LogP contribution in [0, 0.1) is 22.7 Å². The van der Waals surface area contributed by atoms with E-state index in [1.54, 1.807) is 0 Å². The van der Waals surface area contributed by atoms with Crippen LogP contribution in [0.5, 0.6) is 0 Å². The monoisotopic (exact) mass is 416 g/mol. The van der Waals surface area contributed by atoms with Crippen LogP contribution in [0.1, 0.15) is 51.7 Å². The summed E-state index contributed by atoms with van der Waals surface area (Å²) in [5, 5.41) is 0. The molecule has 0 unspecified atom stereocenters. The van der Waals surface area contributed by atoms with Crippen LogP contribution in [0.4, 0.5) is 0 Å². The lowest BCUT2D eigenvalue weighted by Gasteiger charge is -2.30. The summed E-state index contributed by atoms with van der Waals surface area (Å²) in [6, 6.07) is 20.6. The van der Waals surface area contributed by atoms with E-state index >= 15 is 0 Å². The zero-order valence-electron chi connectivity index (χ0n) is 19.5. The van der Waals surface area contributed by atoms with Gasteiger partial charge in [-0.3, -0.25) is 0 Å². The molecule has 2 heteroatoms. The van der Waals surface area contributed by atoms with Crippen molar-refractivity contribution in [3.8, 4) is 11.8 Å². The predicted octanol–water partition coefficient (Wildman–Crippen LogP) is 6.97. The number of ether oxygens (including phenoxy) is 2. The highest BCUT2D eigenvalue weighted by molar-refractivity contribution is 5.14. The molecule has 0 aliphatic carbocycles. The van der Waals surface area contributed by atoms with Crippen molar-refractivity contribution in [3.63, 3.8) is 0 Å². The minimum absolute atomic E-state index is 0.107. The van der Waals surface area contributed by atoms with Crippen LogP contribution in [-0.2, 0) is 22.7 Å². The summed E-state index contributed by atoms with van der Waals surface area (Å²) < 4.78 is 12.4. The molecule has 2 nitrogen and oxygen atoms in total. The summed E-state index contributed by atoms with van der Waals surface area (Å²) in [7, 11) is 0. The smallest absolute Gasteiger partial charge is 0.0717 e. The van der Waals surface area contributed by atoms with Gasteiger partial charge in [-0.15, -0.1) is 17.6 Å². The molecule has 2 aromatic rings. The van der Waals surface area contributed by atoms with Crippen molar-refractivity contribution in [1.82, 2.24) is 0 Å². The molecular formula is C29H36O2. The van der Waals surface area contributed by atoms with Gasteiger partial charge in [-0.1, -0.05) is 81.4 Å². The lowest BCUT2D eigenvalue weighted by Crippen LogP contribution is -2.32. The van der Waals surface area contributed by atoms with Gasteiger partial charge >= 0.3 is 0 Å². The highest BCUT2D eigenvalue weighted by Crippen LogP contribution is 2.29.